The summed E-state index contributed by atoms with van der Waals surface area (Å²) in [7, 11) is -4.22. The molecule has 2 saturated heterocycles. The van der Waals surface area contributed by atoms with Gasteiger partial charge in [-0.3, -0.25) is 4.79 Å². The van der Waals surface area contributed by atoms with Crippen LogP contribution in [0.25, 0.3) is 0 Å². The lowest BCUT2D eigenvalue weighted by Crippen LogP contribution is -2.32. The van der Waals surface area contributed by atoms with Crippen LogP contribution in [0.1, 0.15) is 24.8 Å². The topological polar surface area (TPSA) is 117 Å². The van der Waals surface area contributed by atoms with E-state index in [1.54, 1.807) is 4.72 Å². The molecule has 1 aromatic rings. The summed E-state index contributed by atoms with van der Waals surface area (Å²) in [4.78, 5) is 11.4. The number of ether oxygens (including phenoxy) is 2. The Morgan fingerprint density at radius 2 is 2.10 bits per heavy atom. The third-order valence-electron chi connectivity index (χ3n) is 5.52. The Morgan fingerprint density at radius 1 is 1.34 bits per heavy atom. The molecule has 0 bridgehead atoms. The lowest BCUT2D eigenvalue weighted by molar-refractivity contribution is -0.117. The highest BCUT2D eigenvalue weighted by Gasteiger charge is 2.40. The minimum atomic E-state index is -4.22. The predicted octanol–water partition coefficient (Wildman–Crippen LogP) is 0.422. The van der Waals surface area contributed by atoms with Crippen LogP contribution < -0.4 is 19.1 Å². The molecule has 29 heavy (non-hydrogen) atoms. The van der Waals surface area contributed by atoms with E-state index in [0.717, 1.165) is 39.0 Å². The fraction of sp³-hybridized carbons (Fsp3) is 0.611. The van der Waals surface area contributed by atoms with Gasteiger partial charge in [-0.1, -0.05) is 0 Å². The summed E-state index contributed by atoms with van der Waals surface area (Å²) >= 11 is 0. The van der Waals surface area contributed by atoms with E-state index in [-0.39, 0.29) is 23.8 Å². The largest absolute Gasteiger partial charge is 0.505 e. The zero-order chi connectivity index (χ0) is 20.6. The van der Waals surface area contributed by atoms with Crippen molar-refractivity contribution in [1.29, 1.82) is 0 Å². The standard InChI is InChI=1S/C18H24FN3O6S/c19-17-13-7-12(9-20-4-1-11-2-5-27-6-3-11)28-15(13)8-14(23)18(17)22-10-16(24)21-29(22,25)26/h8,11-12,20,23H,1-7,9-10H2,(H,21,24)/t12-/m1/s1. The quantitative estimate of drug-likeness (QED) is 0.561. The van der Waals surface area contributed by atoms with Gasteiger partial charge >= 0.3 is 10.2 Å². The van der Waals surface area contributed by atoms with E-state index in [2.05, 4.69) is 5.32 Å². The van der Waals surface area contributed by atoms with E-state index >= 15 is 4.39 Å². The van der Waals surface area contributed by atoms with Gasteiger partial charge in [-0.15, -0.1) is 0 Å². The molecule has 0 saturated carbocycles. The molecule has 3 heterocycles. The molecule has 0 unspecified atom stereocenters. The van der Waals surface area contributed by atoms with Crippen molar-refractivity contribution in [3.63, 3.8) is 0 Å². The second-order valence-corrected chi connectivity index (χ2v) is 9.16. The molecular formula is C18H24FN3O6S. The summed E-state index contributed by atoms with van der Waals surface area (Å²) in [6.45, 7) is 2.37. The van der Waals surface area contributed by atoms with Gasteiger partial charge in [0.05, 0.1) is 0 Å². The molecule has 1 amide bonds. The minimum absolute atomic E-state index is 0.191. The van der Waals surface area contributed by atoms with E-state index in [4.69, 9.17) is 9.47 Å². The molecular weight excluding hydrogens is 405 g/mol. The molecule has 0 aromatic heterocycles. The number of hydrogen-bond acceptors (Lipinski definition) is 7. The lowest BCUT2D eigenvalue weighted by Gasteiger charge is -2.22. The van der Waals surface area contributed by atoms with Crippen molar-refractivity contribution in [2.45, 2.75) is 31.8 Å². The van der Waals surface area contributed by atoms with E-state index in [1.165, 1.54) is 6.07 Å². The van der Waals surface area contributed by atoms with E-state index in [1.807, 2.05) is 0 Å². The van der Waals surface area contributed by atoms with Crippen LogP contribution in [0.5, 0.6) is 11.5 Å². The number of fused-ring (bicyclic) bond motifs is 1. The van der Waals surface area contributed by atoms with Gasteiger partial charge in [0.15, 0.2) is 5.82 Å². The summed E-state index contributed by atoms with van der Waals surface area (Å²) in [6.07, 6.45) is 3.09. The fourth-order valence-corrected chi connectivity index (χ4v) is 5.15. The highest BCUT2D eigenvalue weighted by molar-refractivity contribution is 7.92. The number of phenols is 1. The Hall–Kier alpha value is -2.11. The highest BCUT2D eigenvalue weighted by Crippen LogP contribution is 2.43. The van der Waals surface area contributed by atoms with Gasteiger partial charge < -0.3 is 19.9 Å². The number of amides is 1. The monoisotopic (exact) mass is 429 g/mol. The van der Waals surface area contributed by atoms with Crippen molar-refractivity contribution in [3.05, 3.63) is 17.4 Å². The molecule has 3 aliphatic heterocycles. The molecule has 1 atom stereocenters. The number of benzene rings is 1. The number of rotatable bonds is 6. The van der Waals surface area contributed by atoms with Crippen molar-refractivity contribution in [1.82, 2.24) is 10.0 Å². The summed E-state index contributed by atoms with van der Waals surface area (Å²) < 4.78 is 52.4. The maximum Gasteiger partial charge on any atom is 0.326 e. The van der Waals surface area contributed by atoms with Crippen molar-refractivity contribution < 1.29 is 32.2 Å². The van der Waals surface area contributed by atoms with E-state index in [0.29, 0.717) is 16.8 Å². The average molecular weight is 429 g/mol. The number of hydrogen-bond donors (Lipinski definition) is 3. The lowest BCUT2D eigenvalue weighted by atomic mass is 9.97. The van der Waals surface area contributed by atoms with Gasteiger partial charge in [0.1, 0.15) is 29.8 Å². The highest BCUT2D eigenvalue weighted by atomic mass is 32.2. The van der Waals surface area contributed by atoms with Gasteiger partial charge in [-0.25, -0.2) is 13.4 Å². The number of nitrogens with one attached hydrogen (secondary N) is 2. The molecule has 2 fully saturated rings. The second-order valence-electron chi connectivity index (χ2n) is 7.56. The Balaban J connectivity index is 1.39. The van der Waals surface area contributed by atoms with Crippen LogP contribution in [0.3, 0.4) is 0 Å². The summed E-state index contributed by atoms with van der Waals surface area (Å²) in [6, 6.07) is 1.20. The van der Waals surface area contributed by atoms with Gasteiger partial charge in [0, 0.05) is 37.8 Å². The SMILES string of the molecule is O=C1CN(c2c(O)cc3c(c2F)C[C@H](CNCCC2CCOCC2)O3)S(=O)(=O)N1. The number of carbonyl (C=O) groups excluding carboxylic acids is 1. The van der Waals surface area contributed by atoms with Crippen molar-refractivity contribution >= 4 is 21.8 Å². The molecule has 3 N–H and O–H groups in total. The van der Waals surface area contributed by atoms with Gasteiger partial charge in [-0.2, -0.15) is 8.42 Å². The third-order valence-corrected chi connectivity index (χ3v) is 6.90. The molecule has 0 aliphatic carbocycles. The summed E-state index contributed by atoms with van der Waals surface area (Å²) in [5.74, 6) is -1.42. The van der Waals surface area contributed by atoms with E-state index in [9.17, 15) is 18.3 Å². The number of nitrogens with zero attached hydrogens (tertiary/aromatic N) is 1. The summed E-state index contributed by atoms with van der Waals surface area (Å²) in [5, 5.41) is 13.5. The van der Waals surface area contributed by atoms with Crippen molar-refractivity contribution in [2.75, 3.05) is 37.2 Å². The number of carbonyl (C=O) groups is 1. The van der Waals surface area contributed by atoms with Gasteiger partial charge in [0.25, 0.3) is 5.91 Å². The molecule has 9 nitrogen and oxygen atoms in total. The first-order valence-corrected chi connectivity index (χ1v) is 11.1. The molecule has 0 spiro atoms. The molecule has 4 rings (SSSR count). The minimum Gasteiger partial charge on any atom is -0.505 e. The van der Waals surface area contributed by atoms with Crippen molar-refractivity contribution in [2.24, 2.45) is 5.92 Å². The van der Waals surface area contributed by atoms with Crippen LogP contribution in [-0.2, 0) is 26.2 Å². The van der Waals surface area contributed by atoms with Gasteiger partial charge in [-0.05, 0) is 31.7 Å². The number of phenolic OH excluding ortho intramolecular Hbond substituents is 1. The Labute approximate surface area is 168 Å². The van der Waals surface area contributed by atoms with Crippen LogP contribution in [0, 0.1) is 11.7 Å². The maximum absolute atomic E-state index is 15.0. The number of aromatic hydroxyl groups is 1. The van der Waals surface area contributed by atoms with Crippen molar-refractivity contribution in [3.8, 4) is 11.5 Å². The van der Waals surface area contributed by atoms with Crippen LogP contribution in [-0.4, -0.2) is 58.4 Å². The van der Waals surface area contributed by atoms with Crippen LogP contribution in [0.2, 0.25) is 0 Å². The molecule has 0 radical (unpaired) electrons. The van der Waals surface area contributed by atoms with E-state index < -0.39 is 39.9 Å². The molecule has 3 aliphatic rings. The predicted molar refractivity (Wildman–Crippen MR) is 102 cm³/mol. The van der Waals surface area contributed by atoms with Crippen LogP contribution in [0.15, 0.2) is 6.07 Å². The second kappa shape index (κ2) is 7.96. The molecule has 1 aromatic carbocycles. The zero-order valence-electron chi connectivity index (χ0n) is 15.8. The maximum atomic E-state index is 15.0. The van der Waals surface area contributed by atoms with Gasteiger partial charge in [0.2, 0.25) is 0 Å². The smallest absolute Gasteiger partial charge is 0.326 e. The van der Waals surface area contributed by atoms with Crippen LogP contribution >= 0.6 is 0 Å². The number of anilines is 1. The molecule has 160 valence electrons. The number of halogens is 1. The Morgan fingerprint density at radius 3 is 2.79 bits per heavy atom. The first-order chi connectivity index (χ1) is 13.8. The average Bonchev–Trinajstić information content (AvgIpc) is 3.19. The fourth-order valence-electron chi connectivity index (χ4n) is 3.99. The Kier molecular flexibility index (Phi) is 5.54. The van der Waals surface area contributed by atoms with Crippen LogP contribution in [0.4, 0.5) is 10.1 Å². The summed E-state index contributed by atoms with van der Waals surface area (Å²) in [5.41, 5.74) is -0.331. The third kappa shape index (κ3) is 4.12. The normalized spacial score (nSPS) is 23.7. The first kappa shape index (κ1) is 20.2. The Bertz CT molecular complexity index is 903. The molecule has 11 heteroatoms. The first-order valence-electron chi connectivity index (χ1n) is 9.68. The zero-order valence-corrected chi connectivity index (χ0v) is 16.6.